The molecule has 4 heteroatoms. The fraction of sp³-hybridized carbons (Fsp3) is 0.857. The number of hydrogen-bond donors (Lipinski definition) is 3. The molecule has 0 spiro atoms. The highest BCUT2D eigenvalue weighted by Crippen LogP contribution is 2.13. The molecule has 0 radical (unpaired) electrons. The molecule has 108 valence electrons. The third kappa shape index (κ3) is 8.03. The van der Waals surface area contributed by atoms with E-state index in [1.807, 2.05) is 0 Å². The Labute approximate surface area is 115 Å². The monoisotopic (exact) mass is 271 g/mol. The second kappa shape index (κ2) is 5.45. The van der Waals surface area contributed by atoms with Gasteiger partial charge in [-0.05, 0) is 62.3 Å². The van der Waals surface area contributed by atoms with Crippen LogP contribution in [0.15, 0.2) is 12.3 Å². The van der Waals surface area contributed by atoms with E-state index in [9.17, 15) is 0 Å². The smallest absolute Gasteiger partial charge is 0.305 e. The van der Waals surface area contributed by atoms with Crippen molar-refractivity contribution in [2.45, 2.75) is 78.9 Å². The highest BCUT2D eigenvalue weighted by molar-refractivity contribution is 6.78. The van der Waals surface area contributed by atoms with Crippen LogP contribution in [-0.4, -0.2) is 25.2 Å². The zero-order chi connectivity index (χ0) is 14.8. The van der Waals surface area contributed by atoms with Crippen molar-refractivity contribution in [3.63, 3.8) is 0 Å². The Morgan fingerprint density at radius 3 is 1.00 bits per heavy atom. The molecular formula is C14H33N3Si. The number of hydrogen-bond acceptors (Lipinski definition) is 3. The van der Waals surface area contributed by atoms with Crippen LogP contribution in [0, 0.1) is 0 Å². The molecule has 0 aliphatic carbocycles. The predicted molar refractivity (Wildman–Crippen MR) is 84.6 cm³/mol. The maximum Gasteiger partial charge on any atom is 0.308 e. The Balaban J connectivity index is 5.27. The van der Waals surface area contributed by atoms with Gasteiger partial charge in [-0.15, -0.1) is 6.58 Å². The first kappa shape index (κ1) is 17.8. The lowest BCUT2D eigenvalue weighted by atomic mass is 10.1. The molecular weight excluding hydrogens is 238 g/mol. The molecule has 0 fully saturated rings. The molecule has 0 saturated heterocycles. The van der Waals surface area contributed by atoms with E-state index in [4.69, 9.17) is 0 Å². The summed E-state index contributed by atoms with van der Waals surface area (Å²) >= 11 is 0. The van der Waals surface area contributed by atoms with Gasteiger partial charge in [0.05, 0.1) is 0 Å². The first-order chi connectivity index (χ1) is 7.68. The van der Waals surface area contributed by atoms with Gasteiger partial charge in [-0.3, -0.25) is 0 Å². The van der Waals surface area contributed by atoms with Gasteiger partial charge in [-0.25, -0.2) is 0 Å². The van der Waals surface area contributed by atoms with Crippen molar-refractivity contribution in [3.05, 3.63) is 12.3 Å². The van der Waals surface area contributed by atoms with Crippen LogP contribution >= 0.6 is 0 Å². The van der Waals surface area contributed by atoms with Crippen molar-refractivity contribution < 1.29 is 0 Å². The van der Waals surface area contributed by atoms with Crippen LogP contribution < -0.4 is 14.9 Å². The van der Waals surface area contributed by atoms with Crippen LogP contribution in [-0.2, 0) is 0 Å². The molecule has 0 unspecified atom stereocenters. The lowest BCUT2D eigenvalue weighted by Crippen LogP contribution is -2.80. The molecule has 0 aliphatic heterocycles. The van der Waals surface area contributed by atoms with Crippen molar-refractivity contribution in [2.75, 3.05) is 0 Å². The molecule has 0 aromatic heterocycles. The van der Waals surface area contributed by atoms with Crippen LogP contribution in [0.5, 0.6) is 0 Å². The molecule has 0 atom stereocenters. The molecule has 0 aromatic carbocycles. The highest BCUT2D eigenvalue weighted by Gasteiger charge is 2.40. The second-order valence-corrected chi connectivity index (χ2v) is 10.9. The molecule has 0 rings (SSSR count). The summed E-state index contributed by atoms with van der Waals surface area (Å²) in [5.74, 6) is 0. The van der Waals surface area contributed by atoms with Gasteiger partial charge in [-0.2, -0.15) is 0 Å². The average Bonchev–Trinajstić information content (AvgIpc) is 1.93. The molecule has 0 aliphatic rings. The van der Waals surface area contributed by atoms with Crippen LogP contribution in [0.25, 0.3) is 0 Å². The Morgan fingerprint density at radius 2 is 0.889 bits per heavy atom. The van der Waals surface area contributed by atoms with Crippen molar-refractivity contribution in [3.8, 4) is 0 Å². The number of nitrogens with one attached hydrogen (secondary N) is 3. The molecule has 18 heavy (non-hydrogen) atoms. The van der Waals surface area contributed by atoms with Gasteiger partial charge in [-0.1, -0.05) is 5.70 Å². The van der Waals surface area contributed by atoms with Gasteiger partial charge in [0.25, 0.3) is 0 Å². The van der Waals surface area contributed by atoms with E-state index >= 15 is 0 Å². The van der Waals surface area contributed by atoms with E-state index < -0.39 is 8.56 Å². The SMILES string of the molecule is C=C[Si](NC(C)(C)C)(NC(C)(C)C)NC(C)(C)C. The summed E-state index contributed by atoms with van der Waals surface area (Å²) in [7, 11) is -2.16. The molecule has 3 nitrogen and oxygen atoms in total. The summed E-state index contributed by atoms with van der Waals surface area (Å²) in [5, 5.41) is 0. The largest absolute Gasteiger partial charge is 0.308 e. The summed E-state index contributed by atoms with van der Waals surface area (Å²) in [6.45, 7) is 23.7. The fourth-order valence-corrected chi connectivity index (χ4v) is 6.06. The Hall–Kier alpha value is -0.163. The van der Waals surface area contributed by atoms with Crippen molar-refractivity contribution in [1.82, 2.24) is 14.9 Å². The Bertz CT molecular complexity index is 238. The van der Waals surface area contributed by atoms with Crippen molar-refractivity contribution >= 4 is 8.56 Å². The van der Waals surface area contributed by atoms with E-state index in [2.05, 4.69) is 89.5 Å². The topological polar surface area (TPSA) is 36.1 Å². The Morgan fingerprint density at radius 1 is 0.667 bits per heavy atom. The van der Waals surface area contributed by atoms with Crippen molar-refractivity contribution in [1.29, 1.82) is 0 Å². The Kier molecular flexibility index (Phi) is 5.40. The molecule has 3 N–H and O–H groups in total. The van der Waals surface area contributed by atoms with Crippen LogP contribution in [0.1, 0.15) is 62.3 Å². The molecule has 0 saturated carbocycles. The van der Waals surface area contributed by atoms with E-state index in [0.717, 1.165) is 0 Å². The van der Waals surface area contributed by atoms with Gasteiger partial charge < -0.3 is 14.9 Å². The average molecular weight is 272 g/mol. The lowest BCUT2D eigenvalue weighted by Gasteiger charge is -2.44. The molecule has 0 aromatic rings. The summed E-state index contributed by atoms with van der Waals surface area (Å²) in [5.41, 5.74) is 2.17. The van der Waals surface area contributed by atoms with E-state index in [1.54, 1.807) is 0 Å². The molecule has 0 heterocycles. The van der Waals surface area contributed by atoms with E-state index in [0.29, 0.717) is 0 Å². The predicted octanol–water partition coefficient (Wildman–Crippen LogP) is 2.81. The maximum atomic E-state index is 4.06. The zero-order valence-corrected chi connectivity index (χ0v) is 14.8. The quantitative estimate of drug-likeness (QED) is 0.688. The first-order valence-corrected chi connectivity index (χ1v) is 8.77. The van der Waals surface area contributed by atoms with Gasteiger partial charge in [0.15, 0.2) is 0 Å². The normalized spacial score (nSPS) is 14.7. The summed E-state index contributed by atoms with van der Waals surface area (Å²) in [6.07, 6.45) is 0. The minimum atomic E-state index is -2.16. The minimum Gasteiger partial charge on any atom is -0.305 e. The van der Waals surface area contributed by atoms with Crippen molar-refractivity contribution in [2.24, 2.45) is 0 Å². The molecule has 0 amide bonds. The standard InChI is InChI=1S/C14H33N3Si/c1-11-18(15-12(2,3)4,16-13(5,6)7)17-14(8,9)10/h11,15-17H,1H2,2-10H3. The first-order valence-electron chi connectivity index (χ1n) is 6.70. The van der Waals surface area contributed by atoms with Crippen LogP contribution in [0.4, 0.5) is 0 Å². The van der Waals surface area contributed by atoms with Crippen LogP contribution in [0.2, 0.25) is 0 Å². The lowest BCUT2D eigenvalue weighted by molar-refractivity contribution is 0.424. The van der Waals surface area contributed by atoms with Crippen LogP contribution in [0.3, 0.4) is 0 Å². The second-order valence-electron chi connectivity index (χ2n) is 8.14. The minimum absolute atomic E-state index is 0.0386. The number of rotatable bonds is 4. The molecule has 0 bridgehead atoms. The van der Waals surface area contributed by atoms with Gasteiger partial charge in [0, 0.05) is 16.6 Å². The van der Waals surface area contributed by atoms with Gasteiger partial charge in [0.2, 0.25) is 0 Å². The highest BCUT2D eigenvalue weighted by atomic mass is 28.4. The summed E-state index contributed by atoms with van der Waals surface area (Å²) in [6, 6.07) is 0. The van der Waals surface area contributed by atoms with E-state index in [1.165, 1.54) is 0 Å². The summed E-state index contributed by atoms with van der Waals surface area (Å²) in [4.78, 5) is 11.2. The third-order valence-corrected chi connectivity index (χ3v) is 6.07. The van der Waals surface area contributed by atoms with E-state index in [-0.39, 0.29) is 16.6 Å². The van der Waals surface area contributed by atoms with Gasteiger partial charge >= 0.3 is 8.56 Å². The summed E-state index contributed by atoms with van der Waals surface area (Å²) < 4.78 is 0. The third-order valence-electron chi connectivity index (χ3n) is 2.02. The maximum absolute atomic E-state index is 4.06. The zero-order valence-electron chi connectivity index (χ0n) is 13.8. The fourth-order valence-electron chi connectivity index (χ4n) is 2.02. The van der Waals surface area contributed by atoms with Gasteiger partial charge in [0.1, 0.15) is 0 Å².